The topological polar surface area (TPSA) is 73.8 Å². The number of nitro groups is 1. The van der Waals surface area contributed by atoms with Crippen molar-refractivity contribution >= 4 is 5.69 Å². The highest BCUT2D eigenvalue weighted by Gasteiger charge is 2.08. The van der Waals surface area contributed by atoms with Crippen LogP contribution >= 0.6 is 0 Å². The fraction of sp³-hybridized carbons (Fsp3) is 0.111. The monoisotopic (exact) mass is 204 g/mol. The second-order valence-corrected chi connectivity index (χ2v) is 3.10. The molecule has 0 saturated heterocycles. The molecule has 0 bridgehead atoms. The van der Waals surface area contributed by atoms with Crippen molar-refractivity contribution in [2.45, 2.75) is 6.92 Å². The second kappa shape index (κ2) is 3.49. The minimum absolute atomic E-state index is 0.0873. The van der Waals surface area contributed by atoms with Crippen LogP contribution in [0.3, 0.4) is 0 Å². The van der Waals surface area contributed by atoms with Gasteiger partial charge in [0.25, 0.3) is 5.69 Å². The Morgan fingerprint density at radius 1 is 1.33 bits per heavy atom. The molecule has 6 heteroatoms. The highest BCUT2D eigenvalue weighted by molar-refractivity contribution is 5.47. The van der Waals surface area contributed by atoms with Gasteiger partial charge in [0, 0.05) is 12.1 Å². The number of benzene rings is 1. The first-order chi connectivity index (χ1) is 7.18. The number of hydrogen-bond donors (Lipinski definition) is 0. The summed E-state index contributed by atoms with van der Waals surface area (Å²) in [7, 11) is 0. The lowest BCUT2D eigenvalue weighted by atomic mass is 10.2. The van der Waals surface area contributed by atoms with E-state index in [2.05, 4.69) is 10.2 Å². The largest absolute Gasteiger partial charge is 0.288 e. The van der Waals surface area contributed by atoms with Gasteiger partial charge >= 0.3 is 0 Å². The van der Waals surface area contributed by atoms with Gasteiger partial charge in [-0.3, -0.25) is 14.7 Å². The quantitative estimate of drug-likeness (QED) is 0.548. The molecule has 76 valence electrons. The number of aryl methyl sites for hydroxylation is 1. The Labute approximate surface area is 85.3 Å². The van der Waals surface area contributed by atoms with Gasteiger partial charge in [0.05, 0.1) is 10.6 Å². The minimum Gasteiger partial charge on any atom is -0.288 e. The fourth-order valence-electron chi connectivity index (χ4n) is 1.37. The van der Waals surface area contributed by atoms with E-state index < -0.39 is 4.92 Å². The van der Waals surface area contributed by atoms with Crippen LogP contribution in [0.1, 0.15) is 5.56 Å². The molecule has 0 saturated carbocycles. The molecule has 15 heavy (non-hydrogen) atoms. The van der Waals surface area contributed by atoms with Gasteiger partial charge in [0.15, 0.2) is 0 Å². The van der Waals surface area contributed by atoms with Crippen molar-refractivity contribution in [3.05, 3.63) is 46.5 Å². The third-order valence-electron chi connectivity index (χ3n) is 2.09. The molecule has 2 aromatic rings. The second-order valence-electron chi connectivity index (χ2n) is 3.10. The number of aromatic nitrogens is 3. The lowest BCUT2D eigenvalue weighted by Gasteiger charge is -2.04. The molecular formula is C9H8N4O2. The molecule has 0 aliphatic rings. The maximum absolute atomic E-state index is 10.5. The van der Waals surface area contributed by atoms with Gasteiger partial charge in [-0.1, -0.05) is 0 Å². The van der Waals surface area contributed by atoms with Crippen LogP contribution in [-0.2, 0) is 0 Å². The van der Waals surface area contributed by atoms with E-state index in [1.54, 1.807) is 23.3 Å². The highest BCUT2D eigenvalue weighted by Crippen LogP contribution is 2.19. The smallest absolute Gasteiger partial charge is 0.269 e. The van der Waals surface area contributed by atoms with Crippen LogP contribution < -0.4 is 0 Å². The summed E-state index contributed by atoms with van der Waals surface area (Å²) in [5.41, 5.74) is 1.74. The average molecular weight is 204 g/mol. The van der Waals surface area contributed by atoms with E-state index in [-0.39, 0.29) is 5.69 Å². The summed E-state index contributed by atoms with van der Waals surface area (Å²) in [4.78, 5) is 10.1. The minimum atomic E-state index is -0.414. The van der Waals surface area contributed by atoms with E-state index in [9.17, 15) is 10.1 Å². The Morgan fingerprint density at radius 3 is 2.53 bits per heavy atom. The van der Waals surface area contributed by atoms with Crippen LogP contribution in [-0.4, -0.2) is 19.7 Å². The lowest BCUT2D eigenvalue weighted by Crippen LogP contribution is -1.95. The van der Waals surface area contributed by atoms with Crippen molar-refractivity contribution in [3.63, 3.8) is 0 Å². The standard InChI is InChI=1S/C9H8N4O2/c1-7-4-8(13(14)15)2-3-9(7)12-5-10-11-6-12/h2-6H,1H3. The maximum atomic E-state index is 10.5. The number of nitro benzene ring substituents is 1. The van der Waals surface area contributed by atoms with Crippen LogP contribution in [0.15, 0.2) is 30.9 Å². The van der Waals surface area contributed by atoms with Crippen molar-refractivity contribution in [1.82, 2.24) is 14.8 Å². The molecule has 0 aliphatic carbocycles. The summed E-state index contributed by atoms with van der Waals surface area (Å²) >= 11 is 0. The Morgan fingerprint density at radius 2 is 2.00 bits per heavy atom. The molecule has 2 rings (SSSR count). The molecule has 1 heterocycles. The van der Waals surface area contributed by atoms with Crippen LogP contribution in [0.4, 0.5) is 5.69 Å². The summed E-state index contributed by atoms with van der Waals surface area (Å²) in [5, 5.41) is 17.9. The molecule has 0 radical (unpaired) electrons. The molecule has 0 fully saturated rings. The van der Waals surface area contributed by atoms with E-state index in [1.165, 1.54) is 12.1 Å². The van der Waals surface area contributed by atoms with Crippen LogP contribution in [0.25, 0.3) is 5.69 Å². The fourth-order valence-corrected chi connectivity index (χ4v) is 1.37. The number of rotatable bonds is 2. The van der Waals surface area contributed by atoms with Crippen molar-refractivity contribution in [2.75, 3.05) is 0 Å². The summed E-state index contributed by atoms with van der Waals surface area (Å²) in [6.07, 6.45) is 3.10. The molecule has 0 amide bonds. The van der Waals surface area contributed by atoms with Crippen molar-refractivity contribution in [1.29, 1.82) is 0 Å². The molecule has 0 spiro atoms. The SMILES string of the molecule is Cc1cc([N+](=O)[O-])ccc1-n1cnnc1. The van der Waals surface area contributed by atoms with Gasteiger partial charge in [-0.05, 0) is 18.6 Å². The van der Waals surface area contributed by atoms with Gasteiger partial charge in [-0.25, -0.2) is 0 Å². The van der Waals surface area contributed by atoms with Crippen LogP contribution in [0.5, 0.6) is 0 Å². The predicted molar refractivity (Wildman–Crippen MR) is 52.8 cm³/mol. The first kappa shape index (κ1) is 9.32. The van der Waals surface area contributed by atoms with Crippen molar-refractivity contribution in [3.8, 4) is 5.69 Å². The predicted octanol–water partition coefficient (Wildman–Crippen LogP) is 1.48. The molecule has 1 aromatic heterocycles. The first-order valence-electron chi connectivity index (χ1n) is 4.28. The van der Waals surface area contributed by atoms with E-state index in [0.29, 0.717) is 0 Å². The van der Waals surface area contributed by atoms with E-state index in [0.717, 1.165) is 11.3 Å². The summed E-state index contributed by atoms with van der Waals surface area (Å²) in [6.45, 7) is 1.81. The molecule has 0 aliphatic heterocycles. The maximum Gasteiger partial charge on any atom is 0.269 e. The van der Waals surface area contributed by atoms with Crippen LogP contribution in [0, 0.1) is 17.0 Å². The third kappa shape index (κ3) is 1.69. The first-order valence-corrected chi connectivity index (χ1v) is 4.28. The number of hydrogen-bond acceptors (Lipinski definition) is 4. The molecule has 6 nitrogen and oxygen atoms in total. The number of nitrogens with zero attached hydrogens (tertiary/aromatic N) is 4. The Bertz CT molecular complexity index is 493. The van der Waals surface area contributed by atoms with Gasteiger partial charge in [-0.2, -0.15) is 0 Å². The van der Waals surface area contributed by atoms with Crippen molar-refractivity contribution < 1.29 is 4.92 Å². The Kier molecular flexibility index (Phi) is 2.17. The number of non-ortho nitro benzene ring substituents is 1. The molecule has 1 aromatic carbocycles. The third-order valence-corrected chi connectivity index (χ3v) is 2.09. The van der Waals surface area contributed by atoms with Gasteiger partial charge in [0.2, 0.25) is 0 Å². The highest BCUT2D eigenvalue weighted by atomic mass is 16.6. The van der Waals surface area contributed by atoms with Crippen molar-refractivity contribution in [2.24, 2.45) is 0 Å². The van der Waals surface area contributed by atoms with Crippen LogP contribution in [0.2, 0.25) is 0 Å². The Balaban J connectivity index is 2.48. The van der Waals surface area contributed by atoms with Gasteiger partial charge in [0.1, 0.15) is 12.7 Å². The molecule has 0 unspecified atom stereocenters. The normalized spacial score (nSPS) is 10.2. The van der Waals surface area contributed by atoms with Gasteiger partial charge < -0.3 is 0 Å². The summed E-state index contributed by atoms with van der Waals surface area (Å²) in [5.74, 6) is 0. The lowest BCUT2D eigenvalue weighted by molar-refractivity contribution is -0.384. The van der Waals surface area contributed by atoms with Gasteiger partial charge in [-0.15, -0.1) is 10.2 Å². The van der Waals surface area contributed by atoms with E-state index in [4.69, 9.17) is 0 Å². The summed E-state index contributed by atoms with van der Waals surface area (Å²) < 4.78 is 1.71. The molecule has 0 atom stereocenters. The zero-order chi connectivity index (χ0) is 10.8. The zero-order valence-corrected chi connectivity index (χ0v) is 7.99. The summed E-state index contributed by atoms with van der Waals surface area (Å²) in [6, 6.07) is 4.66. The molecule has 0 N–H and O–H groups in total. The zero-order valence-electron chi connectivity index (χ0n) is 7.99. The average Bonchev–Trinajstić information content (AvgIpc) is 2.70. The van der Waals surface area contributed by atoms with E-state index in [1.807, 2.05) is 6.92 Å². The van der Waals surface area contributed by atoms with E-state index >= 15 is 0 Å². The Hall–Kier alpha value is -2.24. The molecular weight excluding hydrogens is 196 g/mol.